The number of allylic oxidation sites excluding steroid dienone is 3. The highest BCUT2D eigenvalue weighted by atomic mass is 19.4. The van der Waals surface area contributed by atoms with Crippen LogP contribution in [0, 0.1) is 0 Å². The van der Waals surface area contributed by atoms with E-state index in [1.54, 1.807) is 5.32 Å². The summed E-state index contributed by atoms with van der Waals surface area (Å²) in [7, 11) is 1.06. The summed E-state index contributed by atoms with van der Waals surface area (Å²) >= 11 is 0. The van der Waals surface area contributed by atoms with Gasteiger partial charge >= 0.3 is 6.18 Å². The van der Waals surface area contributed by atoms with Crippen LogP contribution < -0.4 is 5.32 Å². The molecule has 0 aliphatic carbocycles. The molecule has 0 aromatic rings. The molecule has 0 radical (unpaired) electrons. The zero-order chi connectivity index (χ0) is 10.6. The molecular formula is C7H8F5N. The first-order valence-electron chi connectivity index (χ1n) is 3.27. The molecule has 0 amide bonds. The number of hydrogen-bond donors (Lipinski definition) is 1. The van der Waals surface area contributed by atoms with Crippen molar-refractivity contribution in [3.63, 3.8) is 0 Å². The quantitative estimate of drug-likeness (QED) is 0.411. The second-order valence-corrected chi connectivity index (χ2v) is 2.24. The maximum Gasteiger partial charge on any atom is 0.412 e. The minimum absolute atomic E-state index is 0.0891. The van der Waals surface area contributed by atoms with Gasteiger partial charge < -0.3 is 5.32 Å². The molecule has 13 heavy (non-hydrogen) atoms. The lowest BCUT2D eigenvalue weighted by atomic mass is 10.2. The van der Waals surface area contributed by atoms with Crippen LogP contribution in [0.15, 0.2) is 23.4 Å². The van der Waals surface area contributed by atoms with Gasteiger partial charge in [0.1, 0.15) is 0 Å². The van der Waals surface area contributed by atoms with Gasteiger partial charge in [-0.3, -0.25) is 0 Å². The minimum Gasteiger partial charge on any atom is -0.363 e. The number of hydrogen-bond acceptors (Lipinski definition) is 1. The highest BCUT2D eigenvalue weighted by Gasteiger charge is 2.30. The van der Waals surface area contributed by atoms with Gasteiger partial charge in [-0.05, 0) is 13.0 Å². The van der Waals surface area contributed by atoms with E-state index < -0.39 is 23.5 Å². The van der Waals surface area contributed by atoms with Crippen LogP contribution in [0.2, 0.25) is 0 Å². The van der Waals surface area contributed by atoms with E-state index >= 15 is 0 Å². The molecule has 0 aliphatic rings. The van der Waals surface area contributed by atoms with E-state index in [2.05, 4.69) is 0 Å². The molecule has 0 heterocycles. The van der Waals surface area contributed by atoms with Gasteiger partial charge in [0.2, 0.25) is 5.95 Å². The highest BCUT2D eigenvalue weighted by Crippen LogP contribution is 2.26. The molecule has 0 spiro atoms. The monoisotopic (exact) mass is 201 g/mol. The Labute approximate surface area is 71.9 Å². The van der Waals surface area contributed by atoms with Gasteiger partial charge in [-0.1, -0.05) is 0 Å². The van der Waals surface area contributed by atoms with E-state index in [1.807, 2.05) is 0 Å². The van der Waals surface area contributed by atoms with E-state index in [4.69, 9.17) is 0 Å². The van der Waals surface area contributed by atoms with E-state index in [0.29, 0.717) is 6.92 Å². The predicted molar refractivity (Wildman–Crippen MR) is 38.1 cm³/mol. The van der Waals surface area contributed by atoms with Crippen LogP contribution >= 0.6 is 0 Å². The average molecular weight is 201 g/mol. The second kappa shape index (κ2) is 4.25. The van der Waals surface area contributed by atoms with Crippen molar-refractivity contribution in [2.45, 2.75) is 13.1 Å². The fraction of sp³-hybridized carbons (Fsp3) is 0.429. The van der Waals surface area contributed by atoms with Crippen LogP contribution in [0.4, 0.5) is 22.0 Å². The average Bonchev–Trinajstić information content (AvgIpc) is 2.01. The lowest BCUT2D eigenvalue weighted by molar-refractivity contribution is -0.0914. The van der Waals surface area contributed by atoms with Gasteiger partial charge in [-0.25, -0.2) is 4.39 Å². The zero-order valence-corrected chi connectivity index (χ0v) is 6.97. The minimum atomic E-state index is -4.63. The van der Waals surface area contributed by atoms with Gasteiger partial charge in [0.25, 0.3) is 0 Å². The molecular weight excluding hydrogens is 193 g/mol. The first-order valence-corrected chi connectivity index (χ1v) is 3.27. The summed E-state index contributed by atoms with van der Waals surface area (Å²) in [6.45, 7) is 0.655. The van der Waals surface area contributed by atoms with Crippen molar-refractivity contribution >= 4 is 0 Å². The Morgan fingerprint density at radius 3 is 2.00 bits per heavy atom. The Morgan fingerprint density at radius 2 is 1.69 bits per heavy atom. The summed E-state index contributed by atoms with van der Waals surface area (Å²) in [5, 5.41) is 1.75. The van der Waals surface area contributed by atoms with Crippen LogP contribution in [-0.4, -0.2) is 13.2 Å². The molecule has 6 heteroatoms. The second-order valence-electron chi connectivity index (χ2n) is 2.24. The summed E-state index contributed by atoms with van der Waals surface area (Å²) in [6.07, 6.45) is -4.54. The summed E-state index contributed by atoms with van der Waals surface area (Å²) in [6, 6.07) is 0. The van der Waals surface area contributed by atoms with E-state index in [1.165, 1.54) is 0 Å². The molecule has 0 bridgehead atoms. The smallest absolute Gasteiger partial charge is 0.363 e. The van der Waals surface area contributed by atoms with Crippen LogP contribution in [0.3, 0.4) is 0 Å². The molecule has 0 atom stereocenters. The molecule has 1 N–H and O–H groups in total. The lowest BCUT2D eigenvalue weighted by Gasteiger charge is -2.05. The van der Waals surface area contributed by atoms with Crippen molar-refractivity contribution in [2.75, 3.05) is 7.05 Å². The molecule has 0 saturated heterocycles. The maximum atomic E-state index is 12.4. The maximum absolute atomic E-state index is 12.4. The van der Waals surface area contributed by atoms with E-state index in [-0.39, 0.29) is 6.08 Å². The third-order valence-electron chi connectivity index (χ3n) is 1.22. The molecule has 0 unspecified atom stereocenters. The summed E-state index contributed by atoms with van der Waals surface area (Å²) < 4.78 is 60.0. The van der Waals surface area contributed by atoms with Crippen LogP contribution in [0.1, 0.15) is 6.92 Å². The fourth-order valence-electron chi connectivity index (χ4n) is 0.455. The molecule has 0 saturated carbocycles. The van der Waals surface area contributed by atoms with Crippen molar-refractivity contribution in [3.05, 3.63) is 23.4 Å². The normalized spacial score (nSPS) is 15.5. The van der Waals surface area contributed by atoms with Gasteiger partial charge in [-0.15, -0.1) is 0 Å². The van der Waals surface area contributed by atoms with Crippen LogP contribution in [-0.2, 0) is 0 Å². The lowest BCUT2D eigenvalue weighted by Crippen LogP contribution is -2.09. The molecule has 0 aromatic carbocycles. The Morgan fingerprint density at radius 1 is 1.23 bits per heavy atom. The predicted octanol–water partition coefficient (Wildman–Crippen LogP) is 2.82. The fourth-order valence-corrected chi connectivity index (χ4v) is 0.455. The molecule has 76 valence electrons. The van der Waals surface area contributed by atoms with Gasteiger partial charge in [0.15, 0.2) is 5.83 Å². The number of nitrogens with one attached hydrogen (secondary N) is 1. The first kappa shape index (κ1) is 11.9. The topological polar surface area (TPSA) is 12.0 Å². The molecule has 0 fully saturated rings. The number of halogens is 5. The highest BCUT2D eigenvalue weighted by molar-refractivity contribution is 5.21. The molecule has 0 aliphatic heterocycles. The summed E-state index contributed by atoms with van der Waals surface area (Å²) in [4.78, 5) is 0. The third-order valence-corrected chi connectivity index (χ3v) is 1.22. The standard InChI is InChI=1S/C7H8F5N/c1-4(7(10,11)12)3-5(8)6(9)13-2/h3,13H,1-2H3/b4-3+,6-5+. The molecule has 0 aromatic heterocycles. The van der Waals surface area contributed by atoms with Crippen LogP contribution in [0.25, 0.3) is 0 Å². The third kappa shape index (κ3) is 3.91. The molecule has 1 nitrogen and oxygen atoms in total. The Kier molecular flexibility index (Phi) is 3.90. The van der Waals surface area contributed by atoms with Gasteiger partial charge in [-0.2, -0.15) is 17.6 Å². The SMILES string of the molecule is CN/C(F)=C(F)\C=C(/C)C(F)(F)F. The Bertz CT molecular complexity index is 238. The molecule has 0 rings (SSSR count). The van der Waals surface area contributed by atoms with Gasteiger partial charge in [0, 0.05) is 12.6 Å². The number of alkyl halides is 3. The van der Waals surface area contributed by atoms with Crippen molar-refractivity contribution < 1.29 is 22.0 Å². The zero-order valence-electron chi connectivity index (χ0n) is 6.97. The van der Waals surface area contributed by atoms with E-state index in [9.17, 15) is 22.0 Å². The summed E-state index contributed by atoms with van der Waals surface area (Å²) in [5.74, 6) is -3.00. The largest absolute Gasteiger partial charge is 0.412 e. The summed E-state index contributed by atoms with van der Waals surface area (Å²) in [5.41, 5.74) is -1.20. The van der Waals surface area contributed by atoms with Crippen molar-refractivity contribution in [1.82, 2.24) is 5.32 Å². The van der Waals surface area contributed by atoms with Gasteiger partial charge in [0.05, 0.1) is 0 Å². The van der Waals surface area contributed by atoms with Crippen molar-refractivity contribution in [1.29, 1.82) is 0 Å². The van der Waals surface area contributed by atoms with Crippen LogP contribution in [0.5, 0.6) is 0 Å². The first-order chi connectivity index (χ1) is 5.79. The number of rotatable bonds is 2. The Hall–Kier alpha value is -1.07. The van der Waals surface area contributed by atoms with Crippen molar-refractivity contribution in [3.8, 4) is 0 Å². The Balaban J connectivity index is 4.77. The van der Waals surface area contributed by atoms with Crippen molar-refractivity contribution in [2.24, 2.45) is 0 Å². The van der Waals surface area contributed by atoms with E-state index in [0.717, 1.165) is 7.05 Å².